The summed E-state index contributed by atoms with van der Waals surface area (Å²) in [6.07, 6.45) is 5.29. The van der Waals surface area contributed by atoms with E-state index in [-0.39, 0.29) is 5.41 Å². The Hall–Kier alpha value is -2.52. The number of allylic oxidation sites excluding steroid dienone is 9. The van der Waals surface area contributed by atoms with Crippen molar-refractivity contribution in [2.75, 3.05) is 0 Å². The number of rotatable bonds is 7. The van der Waals surface area contributed by atoms with Gasteiger partial charge < -0.3 is 29.9 Å². The maximum Gasteiger partial charge on any atom is 0.335 e. The van der Waals surface area contributed by atoms with Crippen LogP contribution in [0.15, 0.2) is 58.7 Å². The summed E-state index contributed by atoms with van der Waals surface area (Å²) in [5.74, 6) is -2.44. The van der Waals surface area contributed by atoms with E-state index in [1.807, 2.05) is 13.0 Å². The summed E-state index contributed by atoms with van der Waals surface area (Å²) in [6.45, 7) is 10.4. The molecule has 1 aliphatic heterocycles. The van der Waals surface area contributed by atoms with Gasteiger partial charge in [-0.2, -0.15) is 0 Å². The van der Waals surface area contributed by atoms with Crippen LogP contribution in [0.4, 0.5) is 0 Å². The van der Waals surface area contributed by atoms with Crippen molar-refractivity contribution in [1.82, 2.24) is 0 Å². The number of aliphatic hydroxyl groups excluding tert-OH is 3. The topological polar surface area (TPSA) is 134 Å². The number of hydrogen-bond acceptors (Lipinski definition) is 7. The molecule has 0 aromatic rings. The van der Waals surface area contributed by atoms with Crippen LogP contribution in [0, 0.1) is 5.41 Å². The lowest BCUT2D eigenvalue weighted by Crippen LogP contribution is -2.60. The summed E-state index contributed by atoms with van der Waals surface area (Å²) in [6, 6.07) is 0. The maximum atomic E-state index is 12.2. The van der Waals surface area contributed by atoms with Gasteiger partial charge in [0.25, 0.3) is 0 Å². The second-order valence-electron chi connectivity index (χ2n) is 9.59. The molecule has 1 saturated heterocycles. The summed E-state index contributed by atoms with van der Waals surface area (Å²) in [7, 11) is 0. The Bertz CT molecular complexity index is 921. The van der Waals surface area contributed by atoms with E-state index < -0.39 is 42.6 Å². The Morgan fingerprint density at radius 1 is 1.06 bits per heavy atom. The van der Waals surface area contributed by atoms with Crippen molar-refractivity contribution in [2.24, 2.45) is 5.41 Å². The van der Waals surface area contributed by atoms with Crippen LogP contribution in [0.1, 0.15) is 53.9 Å². The normalized spacial score (nSPS) is 30.8. The van der Waals surface area contributed by atoms with Crippen LogP contribution < -0.4 is 0 Å². The van der Waals surface area contributed by atoms with Crippen molar-refractivity contribution in [3.63, 3.8) is 0 Å². The molecule has 0 saturated carbocycles. The third-order valence-corrected chi connectivity index (χ3v) is 6.16. The fraction of sp³-hybridized carbons (Fsp3) is 0.538. The highest BCUT2D eigenvalue weighted by atomic mass is 16.7. The third-order valence-electron chi connectivity index (χ3n) is 6.16. The van der Waals surface area contributed by atoms with Gasteiger partial charge in [-0.15, -0.1) is 0 Å². The van der Waals surface area contributed by atoms with E-state index in [9.17, 15) is 24.9 Å². The lowest BCUT2D eigenvalue weighted by atomic mass is 9.72. The van der Waals surface area contributed by atoms with E-state index in [1.165, 1.54) is 24.0 Å². The van der Waals surface area contributed by atoms with Gasteiger partial charge in [-0.25, -0.2) is 9.59 Å². The Morgan fingerprint density at radius 2 is 1.74 bits per heavy atom. The van der Waals surface area contributed by atoms with Gasteiger partial charge in [-0.05, 0) is 56.6 Å². The van der Waals surface area contributed by atoms with Crippen LogP contribution in [-0.4, -0.2) is 63.1 Å². The zero-order valence-corrected chi connectivity index (χ0v) is 20.4. The number of esters is 1. The molecule has 0 aromatic heterocycles. The van der Waals surface area contributed by atoms with Gasteiger partial charge in [0.2, 0.25) is 6.29 Å². The minimum Gasteiger partial charge on any atom is -0.479 e. The lowest BCUT2D eigenvalue weighted by molar-refractivity contribution is -0.284. The zero-order valence-electron chi connectivity index (χ0n) is 20.4. The predicted molar refractivity (Wildman–Crippen MR) is 127 cm³/mol. The molecule has 2 aliphatic rings. The van der Waals surface area contributed by atoms with Crippen molar-refractivity contribution in [3.8, 4) is 0 Å². The Morgan fingerprint density at radius 3 is 2.35 bits per heavy atom. The van der Waals surface area contributed by atoms with E-state index in [0.717, 1.165) is 18.1 Å². The average Bonchev–Trinajstić information content (AvgIpc) is 2.73. The van der Waals surface area contributed by atoms with E-state index in [2.05, 4.69) is 32.9 Å². The number of ether oxygens (including phenoxy) is 2. The number of hydrogen-bond donors (Lipinski definition) is 4. The first-order chi connectivity index (χ1) is 15.8. The second kappa shape index (κ2) is 11.8. The zero-order chi connectivity index (χ0) is 25.6. The lowest BCUT2D eigenvalue weighted by Gasteiger charge is -2.37. The predicted octanol–water partition coefficient (Wildman–Crippen LogP) is 2.95. The molecule has 188 valence electrons. The van der Waals surface area contributed by atoms with Crippen LogP contribution in [0.2, 0.25) is 0 Å². The third kappa shape index (κ3) is 7.24. The SMILES string of the molecule is CC(=CC(=O)O[C@@H]1O[C@H](C(=O)O)[C@@H](O)[C@H](O)[C@H]1O)/C=C/C=C(C)/C=C/C1=C(C)CCCC1(C)C. The van der Waals surface area contributed by atoms with Crippen LogP contribution in [0.5, 0.6) is 0 Å². The molecule has 1 heterocycles. The van der Waals surface area contributed by atoms with E-state index in [0.29, 0.717) is 5.57 Å². The number of carbonyl (C=O) groups is 2. The standard InChI is InChI=1S/C26H36O8/c1-15(11-12-18-17(3)10-7-13-26(18,4)5)8-6-9-16(2)14-19(27)33-25-22(30)20(28)21(29)23(34-25)24(31)32/h6,8-9,11-12,14,20-23,25,28-30H,7,10,13H2,1-5H3,(H,31,32)/b9-6+,12-11+,15-8+,16-14?/t20-,21-,22+,23-,25+/m0/s1. The van der Waals surface area contributed by atoms with Gasteiger partial charge in [0.05, 0.1) is 0 Å². The van der Waals surface area contributed by atoms with Crippen LogP contribution in [0.25, 0.3) is 0 Å². The smallest absolute Gasteiger partial charge is 0.335 e. The van der Waals surface area contributed by atoms with E-state index in [4.69, 9.17) is 14.6 Å². The molecule has 5 atom stereocenters. The Balaban J connectivity index is 1.98. The highest BCUT2D eigenvalue weighted by molar-refractivity contribution is 5.83. The maximum absolute atomic E-state index is 12.2. The van der Waals surface area contributed by atoms with E-state index in [1.54, 1.807) is 19.1 Å². The molecule has 0 aromatic carbocycles. The quantitative estimate of drug-likeness (QED) is 0.250. The highest BCUT2D eigenvalue weighted by Crippen LogP contribution is 2.40. The Kier molecular flexibility index (Phi) is 9.58. The number of carboxylic acid groups (broad SMARTS) is 1. The van der Waals surface area contributed by atoms with Gasteiger partial charge in [0, 0.05) is 6.08 Å². The van der Waals surface area contributed by atoms with Crippen molar-refractivity contribution >= 4 is 11.9 Å². The van der Waals surface area contributed by atoms with Gasteiger partial charge in [-0.1, -0.05) is 55.4 Å². The molecule has 0 spiro atoms. The minimum absolute atomic E-state index is 0.170. The fourth-order valence-electron chi connectivity index (χ4n) is 4.16. The summed E-state index contributed by atoms with van der Waals surface area (Å²) < 4.78 is 9.88. The number of carboxylic acids is 1. The van der Waals surface area contributed by atoms with Crippen LogP contribution in [-0.2, 0) is 19.1 Å². The summed E-state index contributed by atoms with van der Waals surface area (Å²) in [4.78, 5) is 23.3. The fourth-order valence-corrected chi connectivity index (χ4v) is 4.16. The Labute approximate surface area is 200 Å². The molecule has 4 N–H and O–H groups in total. The number of carbonyl (C=O) groups excluding carboxylic acids is 1. The summed E-state index contributed by atoms with van der Waals surface area (Å²) >= 11 is 0. The van der Waals surface area contributed by atoms with E-state index >= 15 is 0 Å². The van der Waals surface area contributed by atoms with Crippen molar-refractivity contribution in [1.29, 1.82) is 0 Å². The molecule has 34 heavy (non-hydrogen) atoms. The monoisotopic (exact) mass is 476 g/mol. The molecule has 1 fully saturated rings. The number of aliphatic hydroxyl groups is 3. The van der Waals surface area contributed by atoms with Crippen molar-refractivity contribution < 1.29 is 39.5 Å². The first kappa shape index (κ1) is 27.7. The molecule has 0 unspecified atom stereocenters. The van der Waals surface area contributed by atoms with Crippen molar-refractivity contribution in [3.05, 3.63) is 58.7 Å². The average molecular weight is 477 g/mol. The first-order valence-corrected chi connectivity index (χ1v) is 11.4. The van der Waals surface area contributed by atoms with Gasteiger partial charge in [0.1, 0.15) is 18.3 Å². The van der Waals surface area contributed by atoms with Gasteiger partial charge in [0.15, 0.2) is 6.10 Å². The molecule has 8 nitrogen and oxygen atoms in total. The molecule has 8 heteroatoms. The molecule has 0 bridgehead atoms. The van der Waals surface area contributed by atoms with Gasteiger partial charge in [-0.3, -0.25) is 0 Å². The summed E-state index contributed by atoms with van der Waals surface area (Å²) in [5.41, 5.74) is 4.56. The molecular weight excluding hydrogens is 440 g/mol. The minimum atomic E-state index is -1.85. The molecular formula is C26H36O8. The second-order valence-corrected chi connectivity index (χ2v) is 9.59. The molecule has 1 aliphatic carbocycles. The largest absolute Gasteiger partial charge is 0.479 e. The van der Waals surface area contributed by atoms with Crippen molar-refractivity contribution in [2.45, 2.75) is 84.6 Å². The molecule has 2 rings (SSSR count). The molecule has 0 amide bonds. The number of aliphatic carboxylic acids is 1. The van der Waals surface area contributed by atoms with Gasteiger partial charge >= 0.3 is 11.9 Å². The highest BCUT2D eigenvalue weighted by Gasteiger charge is 2.48. The molecule has 0 radical (unpaired) electrons. The van der Waals surface area contributed by atoms with Crippen LogP contribution in [0.3, 0.4) is 0 Å². The summed E-state index contributed by atoms with van der Waals surface area (Å²) in [5, 5.41) is 38.5. The van der Waals surface area contributed by atoms with Crippen LogP contribution >= 0.6 is 0 Å². The first-order valence-electron chi connectivity index (χ1n) is 11.4.